The number of rotatable bonds is 3. The number of benzene rings is 2. The Morgan fingerprint density at radius 2 is 1.89 bits per heavy atom. The Balaban J connectivity index is 1.68. The van der Waals surface area contributed by atoms with Crippen LogP contribution >= 0.6 is 23.4 Å². The molecule has 144 valence electrons. The number of nitrogens with one attached hydrogen (secondary N) is 2. The average Bonchev–Trinajstić information content (AvgIpc) is 3.05. The molecule has 8 heteroatoms. The van der Waals surface area contributed by atoms with E-state index in [1.165, 1.54) is 11.8 Å². The highest BCUT2D eigenvalue weighted by Crippen LogP contribution is 2.38. The smallest absolute Gasteiger partial charge is 0.240 e. The summed E-state index contributed by atoms with van der Waals surface area (Å²) < 4.78 is 1.83. The highest BCUT2D eigenvalue weighted by atomic mass is 35.5. The lowest BCUT2D eigenvalue weighted by Gasteiger charge is -2.33. The molecule has 2 aromatic carbocycles. The fraction of sp³-hybridized carbons (Fsp3) is 0.250. The maximum absolute atomic E-state index is 13.2. The number of fused-ring (bicyclic) bond motifs is 1. The first-order chi connectivity index (χ1) is 13.4. The summed E-state index contributed by atoms with van der Waals surface area (Å²) >= 11 is 7.45. The van der Waals surface area contributed by atoms with E-state index in [4.69, 9.17) is 11.6 Å². The van der Waals surface area contributed by atoms with Crippen LogP contribution in [0.4, 0.5) is 5.69 Å². The van der Waals surface area contributed by atoms with Crippen LogP contribution < -0.4 is 10.7 Å². The molecule has 2 atom stereocenters. The SMILES string of the molecule is Cc1cccc(NC(=O)[C@@H]2Sc3nnc(C)n3N[C@@H]2c2ccc(Cl)cc2)c1C. The van der Waals surface area contributed by atoms with Gasteiger partial charge in [-0.05, 0) is 55.7 Å². The van der Waals surface area contributed by atoms with E-state index < -0.39 is 5.25 Å². The molecule has 2 N–H and O–H groups in total. The Morgan fingerprint density at radius 3 is 2.64 bits per heavy atom. The third-order valence-corrected chi connectivity index (χ3v) is 6.42. The van der Waals surface area contributed by atoms with E-state index >= 15 is 0 Å². The number of carbonyl (C=O) groups is 1. The summed E-state index contributed by atoms with van der Waals surface area (Å²) in [6.45, 7) is 5.91. The lowest BCUT2D eigenvalue weighted by Crippen LogP contribution is -2.41. The first-order valence-corrected chi connectivity index (χ1v) is 10.2. The van der Waals surface area contributed by atoms with Crippen LogP contribution in [-0.2, 0) is 4.79 Å². The molecule has 28 heavy (non-hydrogen) atoms. The number of nitrogens with zero attached hydrogens (tertiary/aromatic N) is 3. The lowest BCUT2D eigenvalue weighted by atomic mass is 10.0. The van der Waals surface area contributed by atoms with Gasteiger partial charge in [-0.15, -0.1) is 10.2 Å². The minimum Gasteiger partial charge on any atom is -0.325 e. The number of anilines is 1. The summed E-state index contributed by atoms with van der Waals surface area (Å²) in [5.74, 6) is 0.660. The standard InChI is InChI=1S/C20H20ClN5OS/c1-11-5-4-6-16(12(11)2)22-19(27)18-17(14-7-9-15(21)10-8-14)25-26-13(3)23-24-20(26)28-18/h4-10,17-18,25H,1-3H3,(H,22,27)/t17-,18-/m1/s1. The molecular weight excluding hydrogens is 394 g/mol. The van der Waals surface area contributed by atoms with Crippen molar-refractivity contribution in [3.63, 3.8) is 0 Å². The van der Waals surface area contributed by atoms with Crippen molar-refractivity contribution < 1.29 is 4.79 Å². The third-order valence-electron chi connectivity index (χ3n) is 4.95. The Morgan fingerprint density at radius 1 is 1.14 bits per heavy atom. The van der Waals surface area contributed by atoms with Crippen molar-refractivity contribution in [1.82, 2.24) is 14.9 Å². The van der Waals surface area contributed by atoms with Gasteiger partial charge in [-0.3, -0.25) is 4.79 Å². The molecule has 0 bridgehead atoms. The van der Waals surface area contributed by atoms with E-state index in [1.807, 2.05) is 67.9 Å². The van der Waals surface area contributed by atoms with Crippen molar-refractivity contribution in [2.24, 2.45) is 0 Å². The van der Waals surface area contributed by atoms with Gasteiger partial charge < -0.3 is 10.7 Å². The number of hydrogen-bond donors (Lipinski definition) is 2. The number of thioether (sulfide) groups is 1. The fourth-order valence-electron chi connectivity index (χ4n) is 3.17. The molecule has 1 amide bonds. The van der Waals surface area contributed by atoms with E-state index in [2.05, 4.69) is 20.9 Å². The molecule has 6 nitrogen and oxygen atoms in total. The Labute approximate surface area is 172 Å². The van der Waals surface area contributed by atoms with Crippen LogP contribution in [-0.4, -0.2) is 26.0 Å². The minimum absolute atomic E-state index is 0.0851. The zero-order valence-corrected chi connectivity index (χ0v) is 17.3. The van der Waals surface area contributed by atoms with Crippen LogP contribution in [0.1, 0.15) is 28.6 Å². The Kier molecular flexibility index (Phi) is 5.03. The van der Waals surface area contributed by atoms with E-state index in [1.54, 1.807) is 0 Å². The van der Waals surface area contributed by atoms with Gasteiger partial charge in [0.2, 0.25) is 11.1 Å². The Bertz CT molecular complexity index is 1030. The zero-order chi connectivity index (χ0) is 19.8. The van der Waals surface area contributed by atoms with Gasteiger partial charge >= 0.3 is 0 Å². The molecule has 0 aliphatic carbocycles. The molecule has 0 radical (unpaired) electrons. The van der Waals surface area contributed by atoms with Gasteiger partial charge in [0.1, 0.15) is 11.1 Å². The predicted octanol–water partition coefficient (Wildman–Crippen LogP) is 4.25. The fourth-order valence-corrected chi connectivity index (χ4v) is 4.42. The maximum atomic E-state index is 13.2. The largest absolute Gasteiger partial charge is 0.325 e. The van der Waals surface area contributed by atoms with Gasteiger partial charge in [0.25, 0.3) is 0 Å². The number of hydrogen-bond acceptors (Lipinski definition) is 5. The molecule has 0 unspecified atom stereocenters. The van der Waals surface area contributed by atoms with Crippen LogP contribution in [0.25, 0.3) is 0 Å². The number of halogens is 1. The van der Waals surface area contributed by atoms with E-state index in [0.717, 1.165) is 28.2 Å². The van der Waals surface area contributed by atoms with Crippen molar-refractivity contribution in [2.45, 2.75) is 37.2 Å². The molecular formula is C20H20ClN5OS. The summed E-state index contributed by atoms with van der Waals surface area (Å²) in [6, 6.07) is 13.2. The highest BCUT2D eigenvalue weighted by molar-refractivity contribution is 8.00. The summed E-state index contributed by atoms with van der Waals surface area (Å²) in [7, 11) is 0. The van der Waals surface area contributed by atoms with Gasteiger partial charge in [-0.2, -0.15) is 0 Å². The first-order valence-electron chi connectivity index (χ1n) is 8.92. The molecule has 4 rings (SSSR count). The molecule has 1 aliphatic heterocycles. The molecule has 2 heterocycles. The Hall–Kier alpha value is -2.51. The van der Waals surface area contributed by atoms with E-state index in [9.17, 15) is 4.79 Å². The monoisotopic (exact) mass is 413 g/mol. The lowest BCUT2D eigenvalue weighted by molar-refractivity contribution is -0.116. The van der Waals surface area contributed by atoms with Gasteiger partial charge in [-0.1, -0.05) is 47.6 Å². The zero-order valence-electron chi connectivity index (χ0n) is 15.7. The molecule has 1 aliphatic rings. The number of aryl methyl sites for hydroxylation is 2. The third kappa shape index (κ3) is 3.47. The van der Waals surface area contributed by atoms with Crippen LogP contribution in [0.3, 0.4) is 0 Å². The maximum Gasteiger partial charge on any atom is 0.240 e. The topological polar surface area (TPSA) is 71.8 Å². The van der Waals surface area contributed by atoms with Gasteiger partial charge in [0, 0.05) is 10.7 Å². The van der Waals surface area contributed by atoms with Crippen molar-refractivity contribution in [3.05, 3.63) is 70.0 Å². The summed E-state index contributed by atoms with van der Waals surface area (Å²) in [5, 5.41) is 12.3. The van der Waals surface area contributed by atoms with Gasteiger partial charge in [0.05, 0.1) is 6.04 Å². The van der Waals surface area contributed by atoms with Crippen LogP contribution in [0.15, 0.2) is 47.6 Å². The second-order valence-electron chi connectivity index (χ2n) is 6.80. The van der Waals surface area contributed by atoms with E-state index in [-0.39, 0.29) is 11.9 Å². The molecule has 0 saturated heterocycles. The normalized spacial score (nSPS) is 18.3. The summed E-state index contributed by atoms with van der Waals surface area (Å²) in [6.07, 6.45) is 0. The number of amides is 1. The van der Waals surface area contributed by atoms with Crippen LogP contribution in [0.2, 0.25) is 5.02 Å². The quantitative estimate of drug-likeness (QED) is 0.671. The van der Waals surface area contributed by atoms with Crippen LogP contribution in [0, 0.1) is 20.8 Å². The summed E-state index contributed by atoms with van der Waals surface area (Å²) in [5.41, 5.74) is 7.38. The van der Waals surface area contributed by atoms with Crippen LogP contribution in [0.5, 0.6) is 0 Å². The van der Waals surface area contributed by atoms with Crippen molar-refractivity contribution in [2.75, 3.05) is 10.7 Å². The summed E-state index contributed by atoms with van der Waals surface area (Å²) in [4.78, 5) is 13.2. The molecule has 0 saturated carbocycles. The van der Waals surface area contributed by atoms with Crippen molar-refractivity contribution >= 4 is 35.0 Å². The predicted molar refractivity (Wildman–Crippen MR) is 113 cm³/mol. The molecule has 1 aromatic heterocycles. The average molecular weight is 414 g/mol. The minimum atomic E-state index is -0.419. The van der Waals surface area contributed by atoms with E-state index in [0.29, 0.717) is 10.2 Å². The molecule has 0 spiro atoms. The first kappa shape index (κ1) is 18.8. The number of aromatic nitrogens is 3. The molecule has 3 aromatic rings. The van der Waals surface area contributed by atoms with Gasteiger partial charge in [0.15, 0.2) is 0 Å². The second-order valence-corrected chi connectivity index (χ2v) is 8.34. The highest BCUT2D eigenvalue weighted by Gasteiger charge is 2.37. The van der Waals surface area contributed by atoms with Crippen molar-refractivity contribution in [1.29, 1.82) is 0 Å². The van der Waals surface area contributed by atoms with Crippen molar-refractivity contribution in [3.8, 4) is 0 Å². The van der Waals surface area contributed by atoms with Gasteiger partial charge in [-0.25, -0.2) is 4.68 Å². The number of carbonyl (C=O) groups excluding carboxylic acids is 1. The second kappa shape index (κ2) is 7.48. The molecule has 0 fully saturated rings.